The Bertz CT molecular complexity index is 382. The molecule has 4 heteroatoms. The van der Waals surface area contributed by atoms with E-state index in [4.69, 9.17) is 5.11 Å². The summed E-state index contributed by atoms with van der Waals surface area (Å²) in [4.78, 5) is 23.5. The number of carboxylic acid groups (broad SMARTS) is 2. The molecule has 24 heavy (non-hydrogen) atoms. The summed E-state index contributed by atoms with van der Waals surface area (Å²) in [6.07, 6.45) is 14.5. The number of hydrogen-bond donors (Lipinski definition) is 2. The maximum absolute atomic E-state index is 12.6. The van der Waals surface area contributed by atoms with Crippen LogP contribution in [0.4, 0.5) is 0 Å². The molecule has 0 bridgehead atoms. The zero-order valence-electron chi connectivity index (χ0n) is 15.0. The minimum atomic E-state index is -0.809. The molecule has 0 aromatic carbocycles. The molecular formula is C20H34O4. The van der Waals surface area contributed by atoms with Gasteiger partial charge in [0.1, 0.15) is 0 Å². The van der Waals surface area contributed by atoms with E-state index in [2.05, 4.69) is 0 Å². The highest BCUT2D eigenvalue weighted by Gasteiger charge is 2.50. The highest BCUT2D eigenvalue weighted by molar-refractivity contribution is 5.76. The molecule has 0 aromatic rings. The van der Waals surface area contributed by atoms with Crippen LogP contribution in [0.25, 0.3) is 0 Å². The molecule has 0 heterocycles. The Hall–Kier alpha value is -1.06. The van der Waals surface area contributed by atoms with Crippen molar-refractivity contribution in [3.05, 3.63) is 0 Å². The number of rotatable bonds is 7. The minimum absolute atomic E-state index is 0.0917. The molecule has 4 nitrogen and oxygen atoms in total. The van der Waals surface area contributed by atoms with E-state index in [1.54, 1.807) is 0 Å². The summed E-state index contributed by atoms with van der Waals surface area (Å²) < 4.78 is 0. The lowest BCUT2D eigenvalue weighted by Gasteiger charge is -2.43. The summed E-state index contributed by atoms with van der Waals surface area (Å²) in [6, 6.07) is 0. The Morgan fingerprint density at radius 3 is 1.50 bits per heavy atom. The van der Waals surface area contributed by atoms with Crippen LogP contribution in [-0.4, -0.2) is 22.2 Å². The van der Waals surface area contributed by atoms with Crippen molar-refractivity contribution < 1.29 is 19.8 Å². The van der Waals surface area contributed by atoms with Crippen molar-refractivity contribution in [2.75, 3.05) is 0 Å². The maximum Gasteiger partial charge on any atom is 0.310 e. The third kappa shape index (κ3) is 4.73. The summed E-state index contributed by atoms with van der Waals surface area (Å²) in [6.45, 7) is 0. The van der Waals surface area contributed by atoms with Crippen LogP contribution in [0.2, 0.25) is 0 Å². The molecule has 0 atom stereocenters. The van der Waals surface area contributed by atoms with Crippen molar-refractivity contribution in [1.29, 1.82) is 0 Å². The first-order valence-electron chi connectivity index (χ1n) is 10.0. The average Bonchev–Trinajstić information content (AvgIpc) is 2.96. The fourth-order valence-corrected chi connectivity index (χ4v) is 5.32. The molecule has 0 saturated heterocycles. The van der Waals surface area contributed by atoms with Crippen LogP contribution in [0, 0.1) is 17.3 Å². The third-order valence-corrected chi connectivity index (χ3v) is 6.55. The van der Waals surface area contributed by atoms with E-state index in [9.17, 15) is 14.7 Å². The summed E-state index contributed by atoms with van der Waals surface area (Å²) in [7, 11) is 0. The van der Waals surface area contributed by atoms with Gasteiger partial charge >= 0.3 is 11.9 Å². The van der Waals surface area contributed by atoms with Crippen LogP contribution < -0.4 is 0 Å². The fraction of sp³-hybridized carbons (Fsp3) is 0.900. The normalized spacial score (nSPS) is 21.8. The predicted molar refractivity (Wildman–Crippen MR) is 93.9 cm³/mol. The van der Waals surface area contributed by atoms with Gasteiger partial charge in [-0.05, 0) is 50.4 Å². The second kappa shape index (κ2) is 9.43. The molecule has 2 aliphatic carbocycles. The van der Waals surface area contributed by atoms with Crippen LogP contribution in [0.5, 0.6) is 0 Å². The topological polar surface area (TPSA) is 74.6 Å². The standard InChI is InChI=1S/C20H34O4/c21-18(22)14-9-15-20(19(23)24,16-10-5-1-2-6-11-16)17-12-7-3-4-8-13-17/h16-17H,1-15H2,(H,21,22)(H,23,24). The first kappa shape index (κ1) is 19.3. The highest BCUT2D eigenvalue weighted by Crippen LogP contribution is 2.51. The monoisotopic (exact) mass is 338 g/mol. The third-order valence-electron chi connectivity index (χ3n) is 6.55. The first-order valence-corrected chi connectivity index (χ1v) is 10.0. The minimum Gasteiger partial charge on any atom is -0.481 e. The van der Waals surface area contributed by atoms with E-state index in [0.29, 0.717) is 12.8 Å². The number of carboxylic acids is 2. The average molecular weight is 338 g/mol. The van der Waals surface area contributed by atoms with Crippen LogP contribution in [0.1, 0.15) is 96.3 Å². The zero-order chi connectivity index (χ0) is 17.4. The maximum atomic E-state index is 12.6. The van der Waals surface area contributed by atoms with E-state index in [-0.39, 0.29) is 18.3 Å². The number of hydrogen-bond acceptors (Lipinski definition) is 2. The van der Waals surface area contributed by atoms with Gasteiger partial charge in [0.15, 0.2) is 0 Å². The van der Waals surface area contributed by atoms with Gasteiger partial charge in [-0.1, -0.05) is 51.4 Å². The zero-order valence-corrected chi connectivity index (χ0v) is 15.0. The molecule has 0 amide bonds. The Labute approximate surface area is 146 Å². The molecule has 2 saturated carbocycles. The Kier molecular flexibility index (Phi) is 7.57. The van der Waals surface area contributed by atoms with Crippen LogP contribution >= 0.6 is 0 Å². The molecule has 138 valence electrons. The van der Waals surface area contributed by atoms with Gasteiger partial charge in [0.25, 0.3) is 0 Å². The lowest BCUT2D eigenvalue weighted by atomic mass is 9.59. The van der Waals surface area contributed by atoms with Gasteiger partial charge in [-0.2, -0.15) is 0 Å². The Balaban J connectivity index is 2.26. The van der Waals surface area contributed by atoms with E-state index in [1.165, 1.54) is 25.7 Å². The molecule has 0 aromatic heterocycles. The summed E-state index contributed by atoms with van der Waals surface area (Å²) in [5.41, 5.74) is -0.690. The fourth-order valence-electron chi connectivity index (χ4n) is 5.32. The Morgan fingerprint density at radius 2 is 1.17 bits per heavy atom. The summed E-state index contributed by atoms with van der Waals surface area (Å²) in [5.74, 6) is -0.994. The predicted octanol–water partition coefficient (Wildman–Crippen LogP) is 5.25. The molecule has 0 unspecified atom stereocenters. The quantitative estimate of drug-likeness (QED) is 0.621. The van der Waals surface area contributed by atoms with Crippen molar-refractivity contribution in [1.82, 2.24) is 0 Å². The van der Waals surface area contributed by atoms with Gasteiger partial charge in [0.2, 0.25) is 0 Å². The Morgan fingerprint density at radius 1 is 0.750 bits per heavy atom. The van der Waals surface area contributed by atoms with Crippen molar-refractivity contribution in [3.63, 3.8) is 0 Å². The lowest BCUT2D eigenvalue weighted by molar-refractivity contribution is -0.160. The van der Waals surface area contributed by atoms with Gasteiger partial charge in [0, 0.05) is 6.42 Å². The van der Waals surface area contributed by atoms with Crippen LogP contribution in [-0.2, 0) is 9.59 Å². The van der Waals surface area contributed by atoms with Crippen LogP contribution in [0.15, 0.2) is 0 Å². The molecule has 2 rings (SSSR count). The van der Waals surface area contributed by atoms with Gasteiger partial charge in [-0.15, -0.1) is 0 Å². The number of aliphatic carboxylic acids is 2. The number of carbonyl (C=O) groups is 2. The van der Waals surface area contributed by atoms with Crippen molar-refractivity contribution in [3.8, 4) is 0 Å². The van der Waals surface area contributed by atoms with Gasteiger partial charge in [-0.25, -0.2) is 0 Å². The van der Waals surface area contributed by atoms with Crippen molar-refractivity contribution in [2.45, 2.75) is 96.3 Å². The van der Waals surface area contributed by atoms with Gasteiger partial charge < -0.3 is 10.2 Å². The lowest BCUT2D eigenvalue weighted by Crippen LogP contribution is -2.45. The second-order valence-corrected chi connectivity index (χ2v) is 7.97. The van der Waals surface area contributed by atoms with E-state index in [0.717, 1.165) is 51.4 Å². The molecule has 0 aliphatic heterocycles. The SMILES string of the molecule is O=C(O)CCCC(C(=O)O)(C1CCCCCC1)C1CCCCCC1. The largest absolute Gasteiger partial charge is 0.481 e. The first-order chi connectivity index (χ1) is 11.6. The van der Waals surface area contributed by atoms with Crippen molar-refractivity contribution in [2.24, 2.45) is 17.3 Å². The smallest absolute Gasteiger partial charge is 0.310 e. The molecular weight excluding hydrogens is 304 g/mol. The molecule has 2 fully saturated rings. The van der Waals surface area contributed by atoms with E-state index in [1.807, 2.05) is 0 Å². The molecule has 2 aliphatic rings. The van der Waals surface area contributed by atoms with E-state index < -0.39 is 17.4 Å². The van der Waals surface area contributed by atoms with Crippen LogP contribution in [0.3, 0.4) is 0 Å². The van der Waals surface area contributed by atoms with E-state index >= 15 is 0 Å². The molecule has 0 radical (unpaired) electrons. The second-order valence-electron chi connectivity index (χ2n) is 7.97. The molecule has 2 N–H and O–H groups in total. The summed E-state index contributed by atoms with van der Waals surface area (Å²) >= 11 is 0. The van der Waals surface area contributed by atoms with Crippen molar-refractivity contribution >= 4 is 11.9 Å². The molecule has 0 spiro atoms. The summed E-state index contributed by atoms with van der Waals surface area (Å²) in [5, 5.41) is 19.3. The highest BCUT2D eigenvalue weighted by atomic mass is 16.4. The van der Waals surface area contributed by atoms with Gasteiger partial charge in [0.05, 0.1) is 5.41 Å². The van der Waals surface area contributed by atoms with Gasteiger partial charge in [-0.3, -0.25) is 9.59 Å².